The molecule has 118 valence electrons. The third kappa shape index (κ3) is 6.54. The number of hydrogen-bond donors (Lipinski definition) is 3. The first-order chi connectivity index (χ1) is 10.1. The molecule has 0 saturated heterocycles. The van der Waals surface area contributed by atoms with Gasteiger partial charge in [-0.1, -0.05) is 13.8 Å². The van der Waals surface area contributed by atoms with E-state index < -0.39 is 5.97 Å². The average molecular weight is 314 g/mol. The zero-order valence-corrected chi connectivity index (χ0v) is 13.2. The van der Waals surface area contributed by atoms with E-state index in [0.29, 0.717) is 24.5 Å². The van der Waals surface area contributed by atoms with Gasteiger partial charge in [-0.05, 0) is 13.1 Å². The van der Waals surface area contributed by atoms with E-state index in [2.05, 4.69) is 34.4 Å². The molecule has 1 aromatic rings. The molecule has 8 heteroatoms. The van der Waals surface area contributed by atoms with Crippen molar-refractivity contribution in [2.45, 2.75) is 20.3 Å². The van der Waals surface area contributed by atoms with Crippen molar-refractivity contribution < 1.29 is 14.7 Å². The first-order valence-corrected chi connectivity index (χ1v) is 7.86. The molecule has 0 atom stereocenters. The lowest BCUT2D eigenvalue weighted by Gasteiger charge is -2.18. The van der Waals surface area contributed by atoms with Gasteiger partial charge >= 0.3 is 12.0 Å². The second-order valence-electron chi connectivity index (χ2n) is 4.39. The van der Waals surface area contributed by atoms with Crippen LogP contribution >= 0.6 is 11.3 Å². The van der Waals surface area contributed by atoms with Crippen molar-refractivity contribution in [2.75, 3.05) is 32.7 Å². The van der Waals surface area contributed by atoms with Crippen LogP contribution in [0.1, 0.15) is 29.3 Å². The summed E-state index contributed by atoms with van der Waals surface area (Å²) in [5.74, 6) is -1.03. The Balaban J connectivity index is 2.16. The summed E-state index contributed by atoms with van der Waals surface area (Å²) in [6.45, 7) is 7.98. The minimum atomic E-state index is -1.03. The lowest BCUT2D eigenvalue weighted by Crippen LogP contribution is -2.41. The van der Waals surface area contributed by atoms with E-state index in [1.807, 2.05) is 0 Å². The molecular weight excluding hydrogens is 292 g/mol. The number of rotatable bonds is 9. The van der Waals surface area contributed by atoms with Crippen molar-refractivity contribution in [3.05, 3.63) is 16.1 Å². The molecule has 0 radical (unpaired) electrons. The average Bonchev–Trinajstić information content (AvgIpc) is 2.93. The van der Waals surface area contributed by atoms with Gasteiger partial charge in [0.25, 0.3) is 0 Å². The first kappa shape index (κ1) is 17.4. The van der Waals surface area contributed by atoms with Gasteiger partial charge in [0.1, 0.15) is 0 Å². The molecule has 0 bridgehead atoms. The Labute approximate surface area is 128 Å². The zero-order chi connectivity index (χ0) is 15.7. The van der Waals surface area contributed by atoms with E-state index in [1.54, 1.807) is 0 Å². The normalized spacial score (nSPS) is 10.6. The highest BCUT2D eigenvalue weighted by atomic mass is 32.1. The summed E-state index contributed by atoms with van der Waals surface area (Å²) in [4.78, 5) is 28.4. The third-order valence-electron chi connectivity index (χ3n) is 3.00. The molecule has 1 rings (SSSR count). The van der Waals surface area contributed by atoms with Gasteiger partial charge in [-0.25, -0.2) is 14.6 Å². The highest BCUT2D eigenvalue weighted by Gasteiger charge is 2.08. The van der Waals surface area contributed by atoms with Crippen LogP contribution in [0.15, 0.2) is 5.38 Å². The molecule has 3 N–H and O–H groups in total. The van der Waals surface area contributed by atoms with E-state index in [1.165, 1.54) is 16.7 Å². The number of nitrogens with one attached hydrogen (secondary N) is 2. The van der Waals surface area contributed by atoms with Crippen molar-refractivity contribution in [3.8, 4) is 0 Å². The number of nitrogens with zero attached hydrogens (tertiary/aromatic N) is 2. The van der Waals surface area contributed by atoms with E-state index in [4.69, 9.17) is 5.11 Å². The molecule has 0 spiro atoms. The number of likely N-dealkylation sites (N-methyl/N-ethyl adjacent to an activating group) is 1. The Kier molecular flexibility index (Phi) is 7.70. The fourth-order valence-corrected chi connectivity index (χ4v) is 2.51. The smallest absolute Gasteiger partial charge is 0.355 e. The van der Waals surface area contributed by atoms with E-state index in [9.17, 15) is 9.59 Å². The Hall–Kier alpha value is -1.67. The fourth-order valence-electron chi connectivity index (χ4n) is 1.74. The van der Waals surface area contributed by atoms with Gasteiger partial charge in [0.05, 0.1) is 5.01 Å². The Morgan fingerprint density at radius 2 is 1.95 bits per heavy atom. The molecule has 0 fully saturated rings. The standard InChI is InChI=1S/C13H22N4O3S/c1-3-17(4-2)8-7-15-13(20)14-6-5-11-16-10(9-21-11)12(18)19/h9H,3-8H2,1-2H3,(H,18,19)(H2,14,15,20). The lowest BCUT2D eigenvalue weighted by atomic mass is 10.4. The molecule has 7 nitrogen and oxygen atoms in total. The molecule has 2 amide bonds. The number of carboxylic acids is 1. The topological polar surface area (TPSA) is 94.6 Å². The number of aromatic nitrogens is 1. The number of amides is 2. The van der Waals surface area contributed by atoms with Gasteiger partial charge in [-0.2, -0.15) is 0 Å². The summed E-state index contributed by atoms with van der Waals surface area (Å²) in [5.41, 5.74) is 0.0543. The fraction of sp³-hybridized carbons (Fsp3) is 0.615. The summed E-state index contributed by atoms with van der Waals surface area (Å²) in [6.07, 6.45) is 0.529. The number of carbonyl (C=O) groups excluding carboxylic acids is 1. The summed E-state index contributed by atoms with van der Waals surface area (Å²) in [7, 11) is 0. The summed E-state index contributed by atoms with van der Waals surface area (Å²) < 4.78 is 0. The van der Waals surface area contributed by atoms with E-state index in [-0.39, 0.29) is 11.7 Å². The van der Waals surface area contributed by atoms with Gasteiger partial charge in [0.15, 0.2) is 5.69 Å². The largest absolute Gasteiger partial charge is 0.476 e. The van der Waals surface area contributed by atoms with Crippen LogP contribution in [0.2, 0.25) is 0 Å². The second-order valence-corrected chi connectivity index (χ2v) is 5.33. The van der Waals surface area contributed by atoms with E-state index in [0.717, 1.165) is 19.6 Å². The number of carbonyl (C=O) groups is 2. The molecule has 0 unspecified atom stereocenters. The minimum absolute atomic E-state index is 0.0543. The molecule has 0 saturated carbocycles. The van der Waals surface area contributed by atoms with Gasteiger partial charge < -0.3 is 20.6 Å². The summed E-state index contributed by atoms with van der Waals surface area (Å²) in [6, 6.07) is -0.211. The van der Waals surface area contributed by atoms with Crippen LogP contribution in [0.5, 0.6) is 0 Å². The predicted octanol–water partition coefficient (Wildman–Crippen LogP) is 1.02. The number of thiazole rings is 1. The maximum atomic E-state index is 11.6. The maximum absolute atomic E-state index is 11.6. The highest BCUT2D eigenvalue weighted by Crippen LogP contribution is 2.09. The van der Waals surface area contributed by atoms with Crippen molar-refractivity contribution in [3.63, 3.8) is 0 Å². The van der Waals surface area contributed by atoms with Crippen LogP contribution in [0.4, 0.5) is 4.79 Å². The van der Waals surface area contributed by atoms with Crippen LogP contribution in [0.3, 0.4) is 0 Å². The zero-order valence-electron chi connectivity index (χ0n) is 12.4. The molecule has 1 heterocycles. The second kappa shape index (κ2) is 9.30. The third-order valence-corrected chi connectivity index (χ3v) is 3.91. The number of hydrogen-bond acceptors (Lipinski definition) is 5. The number of aromatic carboxylic acids is 1. The summed E-state index contributed by atoms with van der Waals surface area (Å²) >= 11 is 1.29. The molecule has 1 aromatic heterocycles. The highest BCUT2D eigenvalue weighted by molar-refractivity contribution is 7.09. The molecule has 0 aliphatic rings. The van der Waals surface area contributed by atoms with Crippen LogP contribution in [0, 0.1) is 0 Å². The lowest BCUT2D eigenvalue weighted by molar-refractivity contribution is 0.0691. The molecule has 0 aliphatic carbocycles. The quantitative estimate of drug-likeness (QED) is 0.633. The van der Waals surface area contributed by atoms with Gasteiger partial charge in [0, 0.05) is 31.4 Å². The SMILES string of the molecule is CCN(CC)CCNC(=O)NCCc1nc(C(=O)O)cs1. The molecule has 21 heavy (non-hydrogen) atoms. The molecule has 0 aromatic carbocycles. The first-order valence-electron chi connectivity index (χ1n) is 6.98. The van der Waals surface area contributed by atoms with Crippen LogP contribution in [-0.4, -0.2) is 59.7 Å². The van der Waals surface area contributed by atoms with Crippen LogP contribution < -0.4 is 10.6 Å². The van der Waals surface area contributed by atoms with Crippen molar-refractivity contribution >= 4 is 23.3 Å². The monoisotopic (exact) mass is 314 g/mol. The molecule has 0 aliphatic heterocycles. The van der Waals surface area contributed by atoms with Crippen molar-refractivity contribution in [1.29, 1.82) is 0 Å². The van der Waals surface area contributed by atoms with E-state index >= 15 is 0 Å². The van der Waals surface area contributed by atoms with Gasteiger partial charge in [-0.15, -0.1) is 11.3 Å². The van der Waals surface area contributed by atoms with Crippen molar-refractivity contribution in [2.24, 2.45) is 0 Å². The Morgan fingerprint density at radius 1 is 1.29 bits per heavy atom. The maximum Gasteiger partial charge on any atom is 0.355 e. The Bertz CT molecular complexity index is 460. The summed E-state index contributed by atoms with van der Waals surface area (Å²) in [5, 5.41) is 16.5. The van der Waals surface area contributed by atoms with Crippen LogP contribution in [0.25, 0.3) is 0 Å². The van der Waals surface area contributed by atoms with Gasteiger partial charge in [0.2, 0.25) is 0 Å². The number of carboxylic acid groups (broad SMARTS) is 1. The molecular formula is C13H22N4O3S. The predicted molar refractivity (Wildman–Crippen MR) is 82.0 cm³/mol. The minimum Gasteiger partial charge on any atom is -0.476 e. The van der Waals surface area contributed by atoms with Crippen molar-refractivity contribution in [1.82, 2.24) is 20.5 Å². The van der Waals surface area contributed by atoms with Gasteiger partial charge in [-0.3, -0.25) is 0 Å². The van der Waals surface area contributed by atoms with Crippen LogP contribution in [-0.2, 0) is 6.42 Å². The Morgan fingerprint density at radius 3 is 2.52 bits per heavy atom. The number of urea groups is 1.